The molecule has 4 heteroatoms. The van der Waals surface area contributed by atoms with Crippen LogP contribution in [0.4, 0.5) is 4.39 Å². The molecular formula is C13H10FN3. The largest absolute Gasteiger partial charge is 0.239 e. The molecule has 0 saturated heterocycles. The summed E-state index contributed by atoms with van der Waals surface area (Å²) in [5, 5.41) is 13.3. The van der Waals surface area contributed by atoms with E-state index < -0.39 is 5.82 Å². The van der Waals surface area contributed by atoms with Gasteiger partial charge in [-0.2, -0.15) is 10.4 Å². The number of nitriles is 1. The lowest BCUT2D eigenvalue weighted by Gasteiger charge is -2.04. The molecule has 0 amide bonds. The van der Waals surface area contributed by atoms with Crippen LogP contribution in [0.3, 0.4) is 0 Å². The zero-order valence-electron chi connectivity index (χ0n) is 9.10. The summed E-state index contributed by atoms with van der Waals surface area (Å²) in [6, 6.07) is 8.39. The molecule has 17 heavy (non-hydrogen) atoms. The van der Waals surface area contributed by atoms with E-state index in [0.29, 0.717) is 11.6 Å². The van der Waals surface area contributed by atoms with Crippen molar-refractivity contribution in [1.82, 2.24) is 9.78 Å². The lowest BCUT2D eigenvalue weighted by molar-refractivity contribution is 0.621. The molecule has 3 rings (SSSR count). The van der Waals surface area contributed by atoms with Crippen LogP contribution in [0, 0.1) is 17.1 Å². The molecule has 1 fully saturated rings. The van der Waals surface area contributed by atoms with E-state index in [1.54, 1.807) is 23.0 Å². The zero-order valence-corrected chi connectivity index (χ0v) is 9.10. The van der Waals surface area contributed by atoms with Crippen molar-refractivity contribution in [3.05, 3.63) is 47.5 Å². The third-order valence-electron chi connectivity index (χ3n) is 2.96. The minimum absolute atomic E-state index is 0.0398. The average molecular weight is 227 g/mol. The van der Waals surface area contributed by atoms with E-state index in [1.807, 2.05) is 12.1 Å². The van der Waals surface area contributed by atoms with Gasteiger partial charge in [-0.3, -0.25) is 0 Å². The van der Waals surface area contributed by atoms with Crippen LogP contribution >= 0.6 is 0 Å². The van der Waals surface area contributed by atoms with Crippen LogP contribution in [0.2, 0.25) is 0 Å². The summed E-state index contributed by atoms with van der Waals surface area (Å²) in [5.74, 6) is 0.0452. The smallest absolute Gasteiger partial charge is 0.143 e. The van der Waals surface area contributed by atoms with Gasteiger partial charge >= 0.3 is 0 Å². The second-order valence-corrected chi connectivity index (χ2v) is 4.21. The van der Waals surface area contributed by atoms with Crippen molar-refractivity contribution in [3.8, 4) is 11.8 Å². The predicted molar refractivity (Wildman–Crippen MR) is 60.2 cm³/mol. The highest BCUT2D eigenvalue weighted by molar-refractivity contribution is 5.49. The molecule has 0 unspecified atom stereocenters. The van der Waals surface area contributed by atoms with Crippen LogP contribution in [-0.2, 0) is 0 Å². The van der Waals surface area contributed by atoms with E-state index in [1.165, 1.54) is 18.9 Å². The number of benzene rings is 1. The van der Waals surface area contributed by atoms with Gasteiger partial charge in [0, 0.05) is 12.1 Å². The molecule has 1 aliphatic rings. The highest BCUT2D eigenvalue weighted by Crippen LogP contribution is 2.39. The van der Waals surface area contributed by atoms with E-state index in [2.05, 4.69) is 5.10 Å². The lowest BCUT2D eigenvalue weighted by Crippen LogP contribution is -2.00. The molecule has 0 atom stereocenters. The molecule has 2 aromatic rings. The van der Waals surface area contributed by atoms with Crippen molar-refractivity contribution < 1.29 is 4.39 Å². The fourth-order valence-electron chi connectivity index (χ4n) is 1.88. The molecule has 1 aromatic heterocycles. The number of aromatic nitrogens is 2. The average Bonchev–Trinajstić information content (AvgIpc) is 3.07. The van der Waals surface area contributed by atoms with E-state index in [0.717, 1.165) is 5.69 Å². The van der Waals surface area contributed by atoms with Gasteiger partial charge in [0.25, 0.3) is 0 Å². The third kappa shape index (κ3) is 1.70. The number of hydrogen-bond acceptors (Lipinski definition) is 2. The van der Waals surface area contributed by atoms with Crippen LogP contribution in [0.15, 0.2) is 30.5 Å². The van der Waals surface area contributed by atoms with Crippen molar-refractivity contribution >= 4 is 0 Å². The summed E-state index contributed by atoms with van der Waals surface area (Å²) >= 11 is 0. The van der Waals surface area contributed by atoms with Gasteiger partial charge in [0.2, 0.25) is 0 Å². The van der Waals surface area contributed by atoms with Gasteiger partial charge in [-0.1, -0.05) is 6.07 Å². The molecule has 0 bridgehead atoms. The minimum Gasteiger partial charge on any atom is -0.239 e. The highest BCUT2D eigenvalue weighted by atomic mass is 19.1. The van der Waals surface area contributed by atoms with Crippen molar-refractivity contribution in [2.24, 2.45) is 0 Å². The molecule has 84 valence electrons. The summed E-state index contributed by atoms with van der Waals surface area (Å²) in [5.41, 5.74) is 1.57. The molecule has 0 spiro atoms. The minimum atomic E-state index is -0.506. The quantitative estimate of drug-likeness (QED) is 0.791. The van der Waals surface area contributed by atoms with Crippen molar-refractivity contribution in [3.63, 3.8) is 0 Å². The molecule has 1 saturated carbocycles. The fraction of sp³-hybridized carbons (Fsp3) is 0.231. The fourth-order valence-corrected chi connectivity index (χ4v) is 1.88. The van der Waals surface area contributed by atoms with Crippen molar-refractivity contribution in [2.75, 3.05) is 0 Å². The summed E-state index contributed by atoms with van der Waals surface area (Å²) in [4.78, 5) is 0. The summed E-state index contributed by atoms with van der Waals surface area (Å²) in [6.07, 6.45) is 4.12. The molecular weight excluding hydrogens is 217 g/mol. The number of nitrogens with zero attached hydrogens (tertiary/aromatic N) is 3. The van der Waals surface area contributed by atoms with Crippen LogP contribution in [0.1, 0.15) is 30.0 Å². The van der Waals surface area contributed by atoms with E-state index in [4.69, 9.17) is 5.26 Å². The second-order valence-electron chi connectivity index (χ2n) is 4.21. The Bertz CT molecular complexity index is 605. The van der Waals surface area contributed by atoms with Gasteiger partial charge in [0.05, 0.1) is 11.4 Å². The van der Waals surface area contributed by atoms with E-state index >= 15 is 0 Å². The van der Waals surface area contributed by atoms with Gasteiger partial charge < -0.3 is 0 Å². The summed E-state index contributed by atoms with van der Waals surface area (Å²) in [7, 11) is 0. The van der Waals surface area contributed by atoms with Gasteiger partial charge in [-0.05, 0) is 31.0 Å². The van der Waals surface area contributed by atoms with E-state index in [9.17, 15) is 4.39 Å². The Balaban J connectivity index is 2.08. The van der Waals surface area contributed by atoms with Gasteiger partial charge in [-0.25, -0.2) is 9.07 Å². The maximum Gasteiger partial charge on any atom is 0.143 e. The monoisotopic (exact) mass is 227 g/mol. The lowest BCUT2D eigenvalue weighted by atomic mass is 10.2. The summed E-state index contributed by atoms with van der Waals surface area (Å²) in [6.45, 7) is 0. The van der Waals surface area contributed by atoms with Gasteiger partial charge in [0.15, 0.2) is 0 Å². The predicted octanol–water partition coefficient (Wildman–Crippen LogP) is 2.76. The Morgan fingerprint density at radius 1 is 1.35 bits per heavy atom. The Kier molecular flexibility index (Phi) is 2.19. The molecule has 0 aliphatic heterocycles. The second kappa shape index (κ2) is 3.70. The third-order valence-corrected chi connectivity index (χ3v) is 2.96. The van der Waals surface area contributed by atoms with Gasteiger partial charge in [0.1, 0.15) is 17.4 Å². The Morgan fingerprint density at radius 3 is 2.88 bits per heavy atom. The first-order chi connectivity index (χ1) is 8.29. The van der Waals surface area contributed by atoms with Crippen LogP contribution in [0.5, 0.6) is 0 Å². The SMILES string of the molecule is N#Cc1c(F)cccc1-n1ccc(C2CC2)n1. The van der Waals surface area contributed by atoms with E-state index in [-0.39, 0.29) is 5.56 Å². The molecule has 0 N–H and O–H groups in total. The standard InChI is InChI=1S/C13H10FN3/c14-11-2-1-3-13(10(11)8-15)17-7-6-12(16-17)9-4-5-9/h1-3,6-7,9H,4-5H2. The van der Waals surface area contributed by atoms with Crippen molar-refractivity contribution in [1.29, 1.82) is 5.26 Å². The Labute approximate surface area is 98.1 Å². The van der Waals surface area contributed by atoms with Crippen LogP contribution in [-0.4, -0.2) is 9.78 Å². The first-order valence-corrected chi connectivity index (χ1v) is 5.54. The molecule has 0 radical (unpaired) electrons. The van der Waals surface area contributed by atoms with Crippen LogP contribution < -0.4 is 0 Å². The molecule has 3 nitrogen and oxygen atoms in total. The Hall–Kier alpha value is -2.15. The molecule has 1 heterocycles. The number of halogens is 1. The first kappa shape index (κ1) is 10.0. The van der Waals surface area contributed by atoms with Gasteiger partial charge in [-0.15, -0.1) is 0 Å². The topological polar surface area (TPSA) is 41.6 Å². The number of hydrogen-bond donors (Lipinski definition) is 0. The number of rotatable bonds is 2. The van der Waals surface area contributed by atoms with Crippen molar-refractivity contribution in [2.45, 2.75) is 18.8 Å². The zero-order chi connectivity index (χ0) is 11.8. The maximum absolute atomic E-state index is 13.5. The maximum atomic E-state index is 13.5. The highest BCUT2D eigenvalue weighted by Gasteiger charge is 2.26. The van der Waals surface area contributed by atoms with Crippen LogP contribution in [0.25, 0.3) is 5.69 Å². The molecule has 1 aromatic carbocycles. The Morgan fingerprint density at radius 2 is 2.18 bits per heavy atom. The first-order valence-electron chi connectivity index (χ1n) is 5.54. The normalized spacial score (nSPS) is 14.6. The summed E-state index contributed by atoms with van der Waals surface area (Å²) < 4.78 is 15.0. The molecule has 1 aliphatic carbocycles.